The Labute approximate surface area is 132 Å². The number of rotatable bonds is 5. The van der Waals surface area contributed by atoms with Crippen molar-refractivity contribution in [1.82, 2.24) is 4.90 Å². The van der Waals surface area contributed by atoms with Gasteiger partial charge in [0.15, 0.2) is 0 Å². The van der Waals surface area contributed by atoms with E-state index in [1.54, 1.807) is 17.3 Å². The zero-order valence-electron chi connectivity index (χ0n) is 13.2. The standard InChI is InChI=1S/C15H21N5OS/c1-19(2)11-17-14-8-12(18-22(3,4)21)9-15(13(14)10-16)20-6-5-7-20/h8-9,11H,3,5-7H2,1-2,4H3,(H,18,21). The Balaban J connectivity index is 2.53. The van der Waals surface area contributed by atoms with Crippen molar-refractivity contribution in [3.8, 4) is 6.07 Å². The van der Waals surface area contributed by atoms with E-state index in [9.17, 15) is 9.47 Å². The molecule has 118 valence electrons. The van der Waals surface area contributed by atoms with E-state index < -0.39 is 9.71 Å². The van der Waals surface area contributed by atoms with Crippen LogP contribution in [0.3, 0.4) is 0 Å². The third-order valence-electron chi connectivity index (χ3n) is 3.17. The van der Waals surface area contributed by atoms with Gasteiger partial charge in [-0.3, -0.25) is 0 Å². The summed E-state index contributed by atoms with van der Waals surface area (Å²) < 4.78 is 14.8. The molecular formula is C15H21N5OS. The van der Waals surface area contributed by atoms with Gasteiger partial charge in [0.25, 0.3) is 0 Å². The molecule has 22 heavy (non-hydrogen) atoms. The zero-order chi connectivity index (χ0) is 16.3. The number of aliphatic imine (C=N–C) groups is 1. The molecule has 1 aromatic carbocycles. The molecular weight excluding hydrogens is 298 g/mol. The van der Waals surface area contributed by atoms with Gasteiger partial charge in [-0.15, -0.1) is 0 Å². The van der Waals surface area contributed by atoms with Gasteiger partial charge >= 0.3 is 0 Å². The fourth-order valence-electron chi connectivity index (χ4n) is 2.12. The van der Waals surface area contributed by atoms with Crippen molar-refractivity contribution in [3.63, 3.8) is 0 Å². The molecule has 1 unspecified atom stereocenters. The number of hydrogen-bond acceptors (Lipinski definition) is 4. The van der Waals surface area contributed by atoms with Gasteiger partial charge in [0, 0.05) is 48.8 Å². The first-order valence-corrected chi connectivity index (χ1v) is 9.07. The molecule has 1 N–H and O–H groups in total. The number of anilines is 2. The van der Waals surface area contributed by atoms with Crippen LogP contribution in [0.2, 0.25) is 0 Å². The second-order valence-electron chi connectivity index (χ2n) is 5.66. The third kappa shape index (κ3) is 3.92. The maximum atomic E-state index is 11.9. The van der Waals surface area contributed by atoms with Crippen molar-refractivity contribution in [2.45, 2.75) is 6.42 Å². The highest BCUT2D eigenvalue weighted by molar-refractivity contribution is 8.00. The van der Waals surface area contributed by atoms with E-state index in [0.717, 1.165) is 25.2 Å². The summed E-state index contributed by atoms with van der Waals surface area (Å²) in [6.07, 6.45) is 4.29. The van der Waals surface area contributed by atoms with Gasteiger partial charge in [-0.2, -0.15) is 5.26 Å². The van der Waals surface area contributed by atoms with Gasteiger partial charge < -0.3 is 14.5 Å². The number of hydrogen-bond donors (Lipinski definition) is 1. The van der Waals surface area contributed by atoms with Gasteiger partial charge in [-0.1, -0.05) is 0 Å². The zero-order valence-corrected chi connectivity index (χ0v) is 14.0. The van der Waals surface area contributed by atoms with Crippen LogP contribution in [0.1, 0.15) is 12.0 Å². The molecule has 7 heteroatoms. The van der Waals surface area contributed by atoms with Gasteiger partial charge in [-0.25, -0.2) is 9.20 Å². The molecule has 0 amide bonds. The van der Waals surface area contributed by atoms with Crippen LogP contribution >= 0.6 is 0 Å². The van der Waals surface area contributed by atoms with Crippen LogP contribution in [-0.4, -0.2) is 54.8 Å². The fraction of sp³-hybridized carbons (Fsp3) is 0.400. The number of benzene rings is 1. The summed E-state index contributed by atoms with van der Waals surface area (Å²) >= 11 is 0. The maximum absolute atomic E-state index is 11.9. The normalized spacial score (nSPS) is 16.7. The minimum atomic E-state index is -2.39. The molecule has 1 heterocycles. The highest BCUT2D eigenvalue weighted by atomic mass is 32.2. The summed E-state index contributed by atoms with van der Waals surface area (Å²) in [5.41, 5.74) is 2.59. The Hall–Kier alpha value is -2.20. The Kier molecular flexibility index (Phi) is 4.62. The first-order chi connectivity index (χ1) is 10.3. The molecule has 6 nitrogen and oxygen atoms in total. The first kappa shape index (κ1) is 16.2. The molecule has 1 aliphatic heterocycles. The molecule has 1 fully saturated rings. The highest BCUT2D eigenvalue weighted by Crippen LogP contribution is 2.35. The third-order valence-corrected chi connectivity index (χ3v) is 3.83. The SMILES string of the molecule is C=S(C)(=O)Nc1cc(N=CN(C)C)c(C#N)c(N2CCC2)c1. The summed E-state index contributed by atoms with van der Waals surface area (Å²) in [4.78, 5) is 8.29. The van der Waals surface area contributed by atoms with Crippen LogP contribution < -0.4 is 9.62 Å². The van der Waals surface area contributed by atoms with E-state index in [4.69, 9.17) is 0 Å². The maximum Gasteiger partial charge on any atom is 0.104 e. The summed E-state index contributed by atoms with van der Waals surface area (Å²) in [5.74, 6) is 3.61. The van der Waals surface area contributed by atoms with E-state index in [1.165, 1.54) is 6.26 Å². The second-order valence-corrected chi connectivity index (χ2v) is 7.87. The fourth-order valence-corrected chi connectivity index (χ4v) is 2.74. The van der Waals surface area contributed by atoms with Crippen molar-refractivity contribution < 1.29 is 4.21 Å². The molecule has 0 spiro atoms. The lowest BCUT2D eigenvalue weighted by Crippen LogP contribution is -2.37. The lowest BCUT2D eigenvalue weighted by molar-refractivity contribution is 0.617. The van der Waals surface area contributed by atoms with Crippen LogP contribution in [0, 0.1) is 11.3 Å². The van der Waals surface area contributed by atoms with E-state index >= 15 is 0 Å². The Morgan fingerprint density at radius 1 is 1.50 bits per heavy atom. The second kappa shape index (κ2) is 6.28. The van der Waals surface area contributed by atoms with Crippen molar-refractivity contribution in [3.05, 3.63) is 17.7 Å². The molecule has 0 aromatic heterocycles. The van der Waals surface area contributed by atoms with Crippen LogP contribution in [0.4, 0.5) is 17.1 Å². The van der Waals surface area contributed by atoms with Gasteiger partial charge in [0.2, 0.25) is 0 Å². The largest absolute Gasteiger partial charge is 0.370 e. The van der Waals surface area contributed by atoms with Crippen molar-refractivity contribution in [2.75, 3.05) is 43.1 Å². The lowest BCUT2D eigenvalue weighted by Gasteiger charge is -2.34. The molecule has 0 radical (unpaired) electrons. The van der Waals surface area contributed by atoms with Crippen LogP contribution in [-0.2, 0) is 9.71 Å². The first-order valence-electron chi connectivity index (χ1n) is 6.94. The molecule has 1 aliphatic rings. The average Bonchev–Trinajstić information content (AvgIpc) is 2.32. The molecule has 0 bridgehead atoms. The van der Waals surface area contributed by atoms with E-state index in [2.05, 4.69) is 26.6 Å². The summed E-state index contributed by atoms with van der Waals surface area (Å²) in [6.45, 7) is 1.84. The van der Waals surface area contributed by atoms with Crippen LogP contribution in [0.15, 0.2) is 17.1 Å². The molecule has 0 saturated carbocycles. The Morgan fingerprint density at radius 2 is 2.18 bits per heavy atom. The van der Waals surface area contributed by atoms with Gasteiger partial charge in [0.05, 0.1) is 17.7 Å². The topological polar surface area (TPSA) is 71.7 Å². The molecule has 2 rings (SSSR count). The molecule has 1 saturated heterocycles. The highest BCUT2D eigenvalue weighted by Gasteiger charge is 2.21. The van der Waals surface area contributed by atoms with E-state index in [0.29, 0.717) is 16.9 Å². The minimum Gasteiger partial charge on any atom is -0.370 e. The quantitative estimate of drug-likeness (QED) is 0.509. The minimum absolute atomic E-state index is 0.537. The number of nitrogens with zero attached hydrogens (tertiary/aromatic N) is 4. The summed E-state index contributed by atoms with van der Waals surface area (Å²) in [5, 5.41) is 9.50. The smallest absolute Gasteiger partial charge is 0.104 e. The van der Waals surface area contributed by atoms with Gasteiger partial charge in [-0.05, 0) is 24.4 Å². The predicted molar refractivity (Wildman–Crippen MR) is 94.6 cm³/mol. The molecule has 0 aliphatic carbocycles. The predicted octanol–water partition coefficient (Wildman–Crippen LogP) is 1.66. The van der Waals surface area contributed by atoms with E-state index in [-0.39, 0.29) is 0 Å². The Bertz CT molecular complexity index is 727. The number of nitrogens with one attached hydrogen (secondary N) is 1. The lowest BCUT2D eigenvalue weighted by atomic mass is 10.1. The van der Waals surface area contributed by atoms with Crippen molar-refractivity contribution in [1.29, 1.82) is 5.26 Å². The summed E-state index contributed by atoms with van der Waals surface area (Å²) in [6, 6.07) is 5.82. The monoisotopic (exact) mass is 319 g/mol. The van der Waals surface area contributed by atoms with Crippen molar-refractivity contribution in [2.24, 2.45) is 4.99 Å². The Morgan fingerprint density at radius 3 is 2.64 bits per heavy atom. The van der Waals surface area contributed by atoms with Crippen molar-refractivity contribution >= 4 is 39.0 Å². The van der Waals surface area contributed by atoms with Gasteiger partial charge in [0.1, 0.15) is 11.6 Å². The molecule has 1 aromatic rings. The average molecular weight is 319 g/mol. The van der Waals surface area contributed by atoms with Crippen LogP contribution in [0.25, 0.3) is 0 Å². The number of nitriles is 1. The molecule has 1 atom stereocenters. The van der Waals surface area contributed by atoms with E-state index in [1.807, 2.05) is 20.2 Å². The van der Waals surface area contributed by atoms with Crippen LogP contribution in [0.5, 0.6) is 0 Å². The summed E-state index contributed by atoms with van der Waals surface area (Å²) in [7, 11) is 1.34.